The Kier molecular flexibility index (Phi) is 24.7. The number of hydrogen-bond donors (Lipinski definition) is 18. The van der Waals surface area contributed by atoms with Gasteiger partial charge in [0, 0.05) is 30.8 Å². The molecule has 3 rings (SSSR count). The monoisotopic (exact) mass is 1100 g/mol. The maximum Gasteiger partial charge on any atom is 0.326 e. The molecule has 0 radical (unpaired) electrons. The van der Waals surface area contributed by atoms with Gasteiger partial charge in [0.25, 0.3) is 11.5 Å². The van der Waals surface area contributed by atoms with Crippen LogP contribution in [-0.2, 0) is 49.7 Å². The number of aliphatic imine (C=N–C) groups is 2. The minimum Gasteiger partial charge on any atom is -0.481 e. The van der Waals surface area contributed by atoms with E-state index >= 15 is 0 Å². The molecule has 0 aliphatic heterocycles. The van der Waals surface area contributed by atoms with Gasteiger partial charge in [-0.1, -0.05) is 0 Å². The highest BCUT2D eigenvalue weighted by molar-refractivity contribution is 7.80. The number of guanidine groups is 2. The highest BCUT2D eigenvalue weighted by atomic mass is 32.1. The summed E-state index contributed by atoms with van der Waals surface area (Å²) >= 11 is 3.94. The molecule has 6 amide bonds. The topological polar surface area (TPSA) is 562 Å². The number of nitrogens with zero attached hydrogens (tertiary/aromatic N) is 5. The number of aromatic nitrogens is 4. The molecule has 0 fully saturated rings. The van der Waals surface area contributed by atoms with Gasteiger partial charge in [-0.05, 0) is 68.5 Å². The fourth-order valence-corrected chi connectivity index (χ4v) is 7.08. The first-order chi connectivity index (χ1) is 36.4. The van der Waals surface area contributed by atoms with E-state index < -0.39 is 127 Å². The predicted molar refractivity (Wildman–Crippen MR) is 274 cm³/mol. The second kappa shape index (κ2) is 30.7. The maximum absolute atomic E-state index is 13.8. The van der Waals surface area contributed by atoms with Crippen LogP contribution in [0.3, 0.4) is 0 Å². The quantitative estimate of drug-likeness (QED) is 0.0117. The van der Waals surface area contributed by atoms with Crippen LogP contribution in [0.5, 0.6) is 0 Å². The largest absolute Gasteiger partial charge is 0.481 e. The molecule has 418 valence electrons. The van der Waals surface area contributed by atoms with Gasteiger partial charge in [0.15, 0.2) is 23.1 Å². The number of nitrogens with one attached hydrogen (secondary N) is 8. The van der Waals surface area contributed by atoms with Crippen molar-refractivity contribution in [3.8, 4) is 0 Å². The fourth-order valence-electron chi connectivity index (χ4n) is 6.82. The van der Waals surface area contributed by atoms with Gasteiger partial charge in [0.05, 0.1) is 31.3 Å². The van der Waals surface area contributed by atoms with Gasteiger partial charge in [-0.25, -0.2) is 19.6 Å². The lowest BCUT2D eigenvalue weighted by Gasteiger charge is -2.26. The molecule has 2 heterocycles. The van der Waals surface area contributed by atoms with Gasteiger partial charge in [-0.3, -0.25) is 58.1 Å². The first kappa shape index (κ1) is 61.9. The Morgan fingerprint density at radius 2 is 1.10 bits per heavy atom. The molecule has 1 aromatic carbocycles. The number of carbonyl (C=O) groups is 10. The van der Waals surface area contributed by atoms with Crippen LogP contribution >= 0.6 is 12.6 Å². The SMILES string of the molecule is NC(N)=NCCC[C@@H](NC(=O)CC[C@@H](NC(=O)c1ccc(NCc2cnc3nc(N)[nH]c(=O)c3n2)cc1)C(=O)O)C(=O)N[C@H](CC(=O)O)C(=O)N[C@H](CCCN=C(N)N)C(=O)NC(CC(=O)O)C(=O)N[C@H](CCS)C(=O)O. The van der Waals surface area contributed by atoms with E-state index in [4.69, 9.17) is 28.7 Å². The van der Waals surface area contributed by atoms with Crippen LogP contribution in [0.2, 0.25) is 0 Å². The van der Waals surface area contributed by atoms with Crippen molar-refractivity contribution in [3.05, 3.63) is 52.1 Å². The van der Waals surface area contributed by atoms with Gasteiger partial charge < -0.3 is 86.3 Å². The van der Waals surface area contributed by atoms with Crippen molar-refractivity contribution >= 4 is 107 Å². The van der Waals surface area contributed by atoms with E-state index in [-0.39, 0.29) is 92.1 Å². The molecule has 0 saturated carbocycles. The van der Waals surface area contributed by atoms with E-state index in [1.165, 1.54) is 30.5 Å². The molecule has 0 bridgehead atoms. The summed E-state index contributed by atoms with van der Waals surface area (Å²) in [5.41, 5.74) is 27.4. The number of anilines is 2. The van der Waals surface area contributed by atoms with Gasteiger partial charge in [-0.15, -0.1) is 0 Å². The molecule has 0 aliphatic carbocycles. The number of nitrogen functional groups attached to an aromatic ring is 1. The lowest BCUT2D eigenvalue weighted by molar-refractivity contribution is -0.144. The summed E-state index contributed by atoms with van der Waals surface area (Å²) in [5.74, 6) is -13.6. The fraction of sp³-hybridized carbons (Fsp3) is 0.442. The normalized spacial score (nSPS) is 13.1. The van der Waals surface area contributed by atoms with Gasteiger partial charge in [0.2, 0.25) is 35.5 Å². The lowest BCUT2D eigenvalue weighted by atomic mass is 10.1. The molecule has 33 nitrogen and oxygen atoms in total. The van der Waals surface area contributed by atoms with Gasteiger partial charge >= 0.3 is 23.9 Å². The summed E-state index contributed by atoms with van der Waals surface area (Å²) in [7, 11) is 0. The second-order valence-corrected chi connectivity index (χ2v) is 17.1. The molecule has 77 heavy (non-hydrogen) atoms. The van der Waals surface area contributed by atoms with E-state index in [0.29, 0.717) is 11.4 Å². The zero-order valence-electron chi connectivity index (χ0n) is 40.9. The molecule has 0 aliphatic rings. The van der Waals surface area contributed by atoms with E-state index in [2.05, 4.69) is 79.8 Å². The molecule has 2 aromatic heterocycles. The molecular weight excluding hydrogens is 1040 g/mol. The number of hydrogen-bond acceptors (Lipinski definition) is 19. The van der Waals surface area contributed by atoms with E-state index in [1.54, 1.807) is 0 Å². The van der Waals surface area contributed by atoms with Crippen molar-refractivity contribution in [2.75, 3.05) is 29.9 Å². The van der Waals surface area contributed by atoms with Gasteiger partial charge in [0.1, 0.15) is 36.3 Å². The number of fused-ring (bicyclic) bond motifs is 1. The number of H-pyrrole nitrogens is 1. The number of aliphatic carboxylic acids is 4. The van der Waals surface area contributed by atoms with E-state index in [1.807, 2.05) is 0 Å². The van der Waals surface area contributed by atoms with E-state index in [9.17, 15) is 73.2 Å². The summed E-state index contributed by atoms with van der Waals surface area (Å²) in [4.78, 5) is 163. The standard InChI is InChI=1S/C43H60N18O15S/c44-41(45)49-12-1-3-22(54-28(62)10-9-24(39(73)74)56-33(67)19-5-7-20(8-6-19)51-17-21-18-52-32-31(53-21)38(72)61-43(48)60-32)34(68)58-26(15-29(63)64)36(70)55-23(4-2-13-50-42(46)47)35(69)59-27(16-30(65)66)37(71)57-25(11-14-77)40(75)76/h5-8,18,22-27,51,77H,1-4,9-17H2,(H,54,62)(H,55,70)(H,56,67)(H,57,71)(H,58,68)(H,59,69)(H,63,64)(H,65,66)(H,73,74)(H,75,76)(H4,44,45,49)(H4,46,47,50)(H3,48,52,60,61,72)/t22-,23-,24-,25-,26-,27?/m1/s1. The molecule has 3 aromatic rings. The number of nitrogens with two attached hydrogens (primary N) is 5. The van der Waals surface area contributed by atoms with Crippen LogP contribution < -0.4 is 71.4 Å². The summed E-state index contributed by atoms with van der Waals surface area (Å²) in [6.07, 6.45) is -2.71. The Morgan fingerprint density at radius 3 is 1.60 bits per heavy atom. The van der Waals surface area contributed by atoms with Crippen molar-refractivity contribution in [2.24, 2.45) is 32.9 Å². The van der Waals surface area contributed by atoms with Crippen LogP contribution in [0.4, 0.5) is 11.6 Å². The van der Waals surface area contributed by atoms with Crippen molar-refractivity contribution in [1.29, 1.82) is 0 Å². The average molecular weight is 1100 g/mol. The smallest absolute Gasteiger partial charge is 0.326 e. The van der Waals surface area contributed by atoms with Crippen LogP contribution in [0.15, 0.2) is 45.2 Å². The van der Waals surface area contributed by atoms with Crippen LogP contribution in [0.1, 0.15) is 73.8 Å². The molecule has 34 heteroatoms. The zero-order valence-corrected chi connectivity index (χ0v) is 41.8. The summed E-state index contributed by atoms with van der Waals surface area (Å²) in [6.45, 7) is -0.102. The average Bonchev–Trinajstić information content (AvgIpc) is 3.35. The third-order valence-corrected chi connectivity index (χ3v) is 10.9. The molecule has 1 unspecified atom stereocenters. The van der Waals surface area contributed by atoms with E-state index in [0.717, 1.165) is 0 Å². The van der Waals surface area contributed by atoms with Gasteiger partial charge in [-0.2, -0.15) is 17.6 Å². The zero-order chi connectivity index (χ0) is 57.4. The number of amides is 6. The summed E-state index contributed by atoms with van der Waals surface area (Å²) < 4.78 is 0. The maximum atomic E-state index is 13.8. The number of aromatic amines is 1. The first-order valence-electron chi connectivity index (χ1n) is 23.1. The van der Waals surface area contributed by atoms with Crippen molar-refractivity contribution in [3.63, 3.8) is 0 Å². The number of carboxylic acid groups (broad SMARTS) is 4. The molecule has 22 N–H and O–H groups in total. The Bertz CT molecular complexity index is 2750. The molecular formula is C43H60N18O15S. The Morgan fingerprint density at radius 1 is 0.623 bits per heavy atom. The summed E-state index contributed by atoms with van der Waals surface area (Å²) in [5, 5.41) is 55.2. The predicted octanol–water partition coefficient (Wildman–Crippen LogP) is -5.24. The minimum absolute atomic E-state index is 0.00109. The lowest BCUT2D eigenvalue weighted by Crippen LogP contribution is -2.59. The number of rotatable bonds is 33. The third-order valence-electron chi connectivity index (χ3n) is 10.6. The molecule has 6 atom stereocenters. The number of benzene rings is 1. The Balaban J connectivity index is 1.75. The first-order valence-corrected chi connectivity index (χ1v) is 23.8. The molecule has 0 saturated heterocycles. The number of thiol groups is 1. The Labute approximate surface area is 441 Å². The number of carboxylic acids is 4. The van der Waals surface area contributed by atoms with Crippen molar-refractivity contribution in [1.82, 2.24) is 51.8 Å². The second-order valence-electron chi connectivity index (χ2n) is 16.6. The van der Waals surface area contributed by atoms with Crippen molar-refractivity contribution < 1.29 is 68.4 Å². The van der Waals surface area contributed by atoms with Crippen LogP contribution in [-0.4, -0.2) is 167 Å². The minimum atomic E-state index is -1.98. The highest BCUT2D eigenvalue weighted by Gasteiger charge is 2.34. The third kappa shape index (κ3) is 21.9. The summed E-state index contributed by atoms with van der Waals surface area (Å²) in [6, 6.07) is -4.54. The van der Waals surface area contributed by atoms with Crippen LogP contribution in [0.25, 0.3) is 11.2 Å². The van der Waals surface area contributed by atoms with Crippen LogP contribution in [0, 0.1) is 0 Å². The molecule has 0 spiro atoms. The van der Waals surface area contributed by atoms with Crippen molar-refractivity contribution in [2.45, 2.75) is 101 Å². The Hall–Kier alpha value is -9.37. The highest BCUT2D eigenvalue weighted by Crippen LogP contribution is 2.13. The number of carbonyl (C=O) groups excluding carboxylic acids is 6.